The maximum atomic E-state index is 13.1. The first-order valence-corrected chi connectivity index (χ1v) is 18.1. The summed E-state index contributed by atoms with van der Waals surface area (Å²) < 4.78 is 12.7. The van der Waals surface area contributed by atoms with Gasteiger partial charge in [-0.2, -0.15) is 0 Å². The molecule has 1 unspecified atom stereocenters. The van der Waals surface area contributed by atoms with Crippen LogP contribution in [0, 0.1) is 29.1 Å². The van der Waals surface area contributed by atoms with Crippen LogP contribution in [0.4, 0.5) is 0 Å². The molecule has 2 N–H and O–H groups in total. The minimum atomic E-state index is -0.651. The van der Waals surface area contributed by atoms with E-state index >= 15 is 0 Å². The molecule has 4 aliphatic rings. The highest BCUT2D eigenvalue weighted by atomic mass is 16.5. The van der Waals surface area contributed by atoms with Crippen molar-refractivity contribution in [2.24, 2.45) is 29.1 Å². The molecule has 4 saturated carbocycles. The van der Waals surface area contributed by atoms with Crippen molar-refractivity contribution >= 4 is 5.97 Å². The molecule has 1 aromatic rings. The fraction of sp³-hybridized carbons (Fsp3) is 0.744. The highest BCUT2D eigenvalue weighted by molar-refractivity contribution is 5.72. The van der Waals surface area contributed by atoms with Gasteiger partial charge in [0.05, 0.1) is 29.7 Å². The van der Waals surface area contributed by atoms with Crippen LogP contribution in [0.1, 0.15) is 136 Å². The molecule has 5 rings (SSSR count). The number of rotatable bonds is 13. The van der Waals surface area contributed by atoms with E-state index < -0.39 is 12.2 Å². The van der Waals surface area contributed by atoms with E-state index in [4.69, 9.17) is 14.1 Å². The van der Waals surface area contributed by atoms with Gasteiger partial charge in [-0.1, -0.05) is 65.3 Å². The fourth-order valence-electron chi connectivity index (χ4n) is 8.98. The van der Waals surface area contributed by atoms with Crippen molar-refractivity contribution in [3.63, 3.8) is 0 Å². The fourth-order valence-corrected chi connectivity index (χ4v) is 8.98. The topological polar surface area (TPSA) is 92.8 Å². The van der Waals surface area contributed by atoms with Gasteiger partial charge in [0.25, 0.3) is 0 Å². The van der Waals surface area contributed by atoms with Gasteiger partial charge in [-0.15, -0.1) is 0 Å². The summed E-state index contributed by atoms with van der Waals surface area (Å²) in [5, 5.41) is 20.5. The van der Waals surface area contributed by atoms with Crippen LogP contribution in [0.5, 0.6) is 0 Å². The summed E-state index contributed by atoms with van der Waals surface area (Å²) in [6.07, 6.45) is 19.6. The molecule has 0 aromatic carbocycles. The van der Waals surface area contributed by atoms with Crippen LogP contribution in [0.2, 0.25) is 0 Å². The Morgan fingerprint density at radius 2 is 1.96 bits per heavy atom. The number of esters is 1. The summed E-state index contributed by atoms with van der Waals surface area (Å²) in [6, 6.07) is 0. The van der Waals surface area contributed by atoms with E-state index in [9.17, 15) is 15.0 Å². The number of hydrogen-bond acceptors (Lipinski definition) is 6. The molecule has 4 aliphatic carbocycles. The summed E-state index contributed by atoms with van der Waals surface area (Å²) in [4.78, 5) is 17.9. The SMILES string of the molecule is C=C1/C(=C\C=C2/CCC[C@]3(C)[C@@H]([C@H](C)CC[C@H](OC(=O)C(C)CC)C4(c5ncc(CCCC)o5)CC4)CC[C@@H]23)C[C@@H](O)C[C@@H]1O. The molecule has 0 radical (unpaired) electrons. The number of aryl methyl sites for hydroxylation is 1. The van der Waals surface area contributed by atoms with Crippen LogP contribution in [-0.2, 0) is 21.4 Å². The number of unbranched alkanes of at least 4 members (excludes halogenated alkanes) is 1. The quantitative estimate of drug-likeness (QED) is 0.214. The van der Waals surface area contributed by atoms with E-state index in [-0.39, 0.29) is 28.8 Å². The van der Waals surface area contributed by atoms with Gasteiger partial charge in [0.15, 0.2) is 0 Å². The zero-order valence-corrected chi connectivity index (χ0v) is 28.7. The van der Waals surface area contributed by atoms with Gasteiger partial charge in [-0.25, -0.2) is 4.98 Å². The molecule has 250 valence electrons. The molecule has 4 fully saturated rings. The van der Waals surface area contributed by atoms with Crippen molar-refractivity contribution in [2.45, 2.75) is 155 Å². The number of carbonyl (C=O) groups is 1. The first kappa shape index (κ1) is 34.2. The van der Waals surface area contributed by atoms with Gasteiger partial charge in [0.2, 0.25) is 5.89 Å². The standard InChI is InChI=1S/C39H59NO5/c1-7-9-12-31-24-40-37(44-31)39(20-21-39)35(45-36(43)25(3)8-2)18-13-26(4)32-16-17-33-28(11-10-19-38(32,33)6)14-15-29-22-30(41)23-34(42)27(29)5/h14-15,24-26,30,32-35,41-42H,5,7-13,16-23H2,1-4,6H3/b28-14+,29-15-/t25?,26-,30-,32-,33+,34+,35+,38-/m1/s1. The molecule has 1 heterocycles. The van der Waals surface area contributed by atoms with Crippen LogP contribution in [0.3, 0.4) is 0 Å². The van der Waals surface area contributed by atoms with E-state index in [1.807, 2.05) is 20.0 Å². The molecule has 6 nitrogen and oxygen atoms in total. The number of aromatic nitrogens is 1. The predicted molar refractivity (Wildman–Crippen MR) is 178 cm³/mol. The smallest absolute Gasteiger partial charge is 0.308 e. The third-order valence-corrected chi connectivity index (χ3v) is 12.3. The van der Waals surface area contributed by atoms with Gasteiger partial charge in [0.1, 0.15) is 11.9 Å². The van der Waals surface area contributed by atoms with Crippen molar-refractivity contribution in [2.75, 3.05) is 0 Å². The Balaban J connectivity index is 1.29. The predicted octanol–water partition coefficient (Wildman–Crippen LogP) is 8.56. The lowest BCUT2D eigenvalue weighted by atomic mass is 9.60. The Morgan fingerprint density at radius 3 is 2.67 bits per heavy atom. The second-order valence-electron chi connectivity index (χ2n) is 15.3. The molecule has 0 saturated heterocycles. The average molecular weight is 622 g/mol. The molecule has 8 atom stereocenters. The number of carbonyl (C=O) groups excluding carboxylic acids is 1. The maximum Gasteiger partial charge on any atom is 0.308 e. The van der Waals surface area contributed by atoms with E-state index in [1.165, 1.54) is 31.3 Å². The number of hydrogen-bond donors (Lipinski definition) is 2. The number of fused-ring (bicyclic) bond motifs is 1. The van der Waals surface area contributed by atoms with Crippen molar-refractivity contribution in [3.8, 4) is 0 Å². The Bertz CT molecular complexity index is 1260. The second-order valence-corrected chi connectivity index (χ2v) is 15.3. The Kier molecular flexibility index (Phi) is 10.9. The van der Waals surface area contributed by atoms with Crippen LogP contribution in [-0.4, -0.2) is 39.5 Å². The largest absolute Gasteiger partial charge is 0.461 e. The summed E-state index contributed by atoms with van der Waals surface area (Å²) in [5.41, 5.74) is 3.23. The van der Waals surface area contributed by atoms with Crippen molar-refractivity contribution < 1.29 is 24.2 Å². The third kappa shape index (κ3) is 7.22. The molecular weight excluding hydrogens is 562 g/mol. The average Bonchev–Trinajstić information content (AvgIpc) is 3.53. The molecule has 6 heteroatoms. The molecule has 45 heavy (non-hydrogen) atoms. The zero-order chi connectivity index (χ0) is 32.4. The maximum absolute atomic E-state index is 13.1. The number of allylic oxidation sites excluding steroid dienone is 3. The summed E-state index contributed by atoms with van der Waals surface area (Å²) in [5.74, 6) is 3.21. The molecular formula is C39H59NO5. The summed E-state index contributed by atoms with van der Waals surface area (Å²) in [6.45, 7) is 15.3. The van der Waals surface area contributed by atoms with E-state index in [0.29, 0.717) is 30.6 Å². The van der Waals surface area contributed by atoms with E-state index in [0.717, 1.165) is 80.6 Å². The van der Waals surface area contributed by atoms with Gasteiger partial charge in [-0.3, -0.25) is 4.79 Å². The minimum Gasteiger partial charge on any atom is -0.461 e. The zero-order valence-electron chi connectivity index (χ0n) is 28.7. The Labute approximate surface area is 271 Å². The second kappa shape index (κ2) is 14.3. The highest BCUT2D eigenvalue weighted by Crippen LogP contribution is 2.60. The van der Waals surface area contributed by atoms with Crippen molar-refractivity contribution in [1.29, 1.82) is 0 Å². The lowest BCUT2D eigenvalue weighted by Crippen LogP contribution is -2.37. The van der Waals surface area contributed by atoms with Crippen molar-refractivity contribution in [1.82, 2.24) is 4.98 Å². The van der Waals surface area contributed by atoms with E-state index in [1.54, 1.807) is 0 Å². The van der Waals surface area contributed by atoms with Crippen LogP contribution >= 0.6 is 0 Å². The van der Waals surface area contributed by atoms with Gasteiger partial charge < -0.3 is 19.4 Å². The normalized spacial score (nSPS) is 33.2. The lowest BCUT2D eigenvalue weighted by Gasteiger charge is -2.44. The number of ether oxygens (including phenoxy) is 1. The Morgan fingerprint density at radius 1 is 1.18 bits per heavy atom. The monoisotopic (exact) mass is 621 g/mol. The van der Waals surface area contributed by atoms with Gasteiger partial charge >= 0.3 is 5.97 Å². The van der Waals surface area contributed by atoms with Gasteiger partial charge in [-0.05, 0) is 111 Å². The molecule has 0 aliphatic heterocycles. The van der Waals surface area contributed by atoms with Crippen LogP contribution in [0.25, 0.3) is 0 Å². The molecule has 0 bridgehead atoms. The molecule has 1 aromatic heterocycles. The highest BCUT2D eigenvalue weighted by Gasteiger charge is 2.57. The third-order valence-electron chi connectivity index (χ3n) is 12.3. The number of oxazole rings is 1. The number of aliphatic hydroxyl groups is 2. The lowest BCUT2D eigenvalue weighted by molar-refractivity contribution is -0.156. The van der Waals surface area contributed by atoms with Crippen molar-refractivity contribution in [3.05, 3.63) is 53.3 Å². The van der Waals surface area contributed by atoms with Crippen LogP contribution < -0.4 is 0 Å². The first-order valence-electron chi connectivity index (χ1n) is 18.1. The minimum absolute atomic E-state index is 0.0936. The van der Waals surface area contributed by atoms with Gasteiger partial charge in [0, 0.05) is 12.8 Å². The van der Waals surface area contributed by atoms with E-state index in [2.05, 4.69) is 39.5 Å². The number of aliphatic hydroxyl groups excluding tert-OH is 2. The first-order chi connectivity index (χ1) is 21.5. The van der Waals surface area contributed by atoms with Crippen LogP contribution in [0.15, 0.2) is 46.1 Å². The molecule has 0 amide bonds. The molecule has 0 spiro atoms. The Hall–Kier alpha value is -2.18. The summed E-state index contributed by atoms with van der Waals surface area (Å²) in [7, 11) is 0. The number of nitrogens with zero attached hydrogens (tertiary/aromatic N) is 1. The summed E-state index contributed by atoms with van der Waals surface area (Å²) >= 11 is 0.